The van der Waals surface area contributed by atoms with Gasteiger partial charge in [0.15, 0.2) is 5.17 Å². The van der Waals surface area contributed by atoms with Crippen LogP contribution >= 0.6 is 24.2 Å². The molecule has 2 aliphatic rings. The Kier molecular flexibility index (Phi) is 5.67. The number of benzene rings is 1. The standard InChI is InChI=1S/C15H16FN3O2S.ClH/c1-9-8-17-4-5-19(9)15-18-14(21)13(22-15)6-10-2-3-11(16)7-12(10)20;/h2-3,6-7,9,17,20H,4-5,8H2,1H3;1H/t9-;/m0./s1. The summed E-state index contributed by atoms with van der Waals surface area (Å²) in [5, 5.41) is 13.7. The van der Waals surface area contributed by atoms with Gasteiger partial charge in [-0.15, -0.1) is 12.4 Å². The molecule has 1 aromatic rings. The molecule has 0 saturated carbocycles. The van der Waals surface area contributed by atoms with Crippen molar-refractivity contribution in [1.29, 1.82) is 0 Å². The van der Waals surface area contributed by atoms with Crippen LogP contribution in [0.4, 0.5) is 4.39 Å². The van der Waals surface area contributed by atoms with Crippen molar-refractivity contribution in [3.05, 3.63) is 34.5 Å². The second kappa shape index (κ2) is 7.33. The van der Waals surface area contributed by atoms with E-state index in [-0.39, 0.29) is 30.1 Å². The molecule has 0 radical (unpaired) electrons. The monoisotopic (exact) mass is 357 g/mol. The van der Waals surface area contributed by atoms with Crippen LogP contribution in [0.2, 0.25) is 0 Å². The molecule has 3 rings (SSSR count). The van der Waals surface area contributed by atoms with E-state index in [9.17, 15) is 14.3 Å². The van der Waals surface area contributed by atoms with Gasteiger partial charge in [-0.25, -0.2) is 4.39 Å². The van der Waals surface area contributed by atoms with Crippen LogP contribution in [0.5, 0.6) is 5.75 Å². The minimum Gasteiger partial charge on any atom is -0.507 e. The average Bonchev–Trinajstić information content (AvgIpc) is 2.83. The molecule has 0 aromatic heterocycles. The fourth-order valence-electron chi connectivity index (χ4n) is 2.43. The maximum atomic E-state index is 13.0. The average molecular weight is 358 g/mol. The molecule has 0 spiro atoms. The van der Waals surface area contributed by atoms with E-state index in [0.29, 0.717) is 15.6 Å². The normalized spacial score (nSPS) is 23.0. The van der Waals surface area contributed by atoms with Gasteiger partial charge in [-0.1, -0.05) is 0 Å². The molecule has 2 heterocycles. The van der Waals surface area contributed by atoms with E-state index in [1.54, 1.807) is 6.08 Å². The van der Waals surface area contributed by atoms with Crippen molar-refractivity contribution < 1.29 is 14.3 Å². The zero-order valence-corrected chi connectivity index (χ0v) is 14.1. The van der Waals surface area contributed by atoms with Gasteiger partial charge >= 0.3 is 0 Å². The van der Waals surface area contributed by atoms with Gasteiger partial charge in [0.1, 0.15) is 11.6 Å². The number of carbonyl (C=O) groups excluding carboxylic acids is 1. The molecule has 1 amide bonds. The second-order valence-electron chi connectivity index (χ2n) is 5.26. The van der Waals surface area contributed by atoms with Crippen LogP contribution in [0.15, 0.2) is 28.1 Å². The van der Waals surface area contributed by atoms with Crippen LogP contribution in [0.1, 0.15) is 12.5 Å². The third-order valence-corrected chi connectivity index (χ3v) is 4.66. The predicted molar refractivity (Wildman–Crippen MR) is 92.4 cm³/mol. The maximum absolute atomic E-state index is 13.0. The molecule has 1 saturated heterocycles. The third kappa shape index (κ3) is 3.85. The van der Waals surface area contributed by atoms with Gasteiger partial charge in [0.25, 0.3) is 5.91 Å². The number of aromatic hydroxyl groups is 1. The summed E-state index contributed by atoms with van der Waals surface area (Å²) < 4.78 is 13.0. The summed E-state index contributed by atoms with van der Waals surface area (Å²) in [5.41, 5.74) is 0.405. The SMILES string of the molecule is C[C@H]1CNCCN1C1=NC(=O)C(=Cc2ccc(F)cc2O)S1.Cl. The number of nitrogens with zero attached hydrogens (tertiary/aromatic N) is 2. The van der Waals surface area contributed by atoms with Crippen LogP contribution in [0.3, 0.4) is 0 Å². The third-order valence-electron chi connectivity index (χ3n) is 3.64. The van der Waals surface area contributed by atoms with Crippen molar-refractivity contribution in [1.82, 2.24) is 10.2 Å². The van der Waals surface area contributed by atoms with Gasteiger partial charge in [0, 0.05) is 37.3 Å². The number of carbonyl (C=O) groups is 1. The molecule has 2 aliphatic heterocycles. The van der Waals surface area contributed by atoms with Crippen LogP contribution in [0, 0.1) is 5.82 Å². The molecule has 0 bridgehead atoms. The van der Waals surface area contributed by atoms with E-state index in [4.69, 9.17) is 0 Å². The van der Waals surface area contributed by atoms with Crippen molar-refractivity contribution in [2.45, 2.75) is 13.0 Å². The fourth-order valence-corrected chi connectivity index (χ4v) is 3.46. The number of phenolic OH excluding ortho intramolecular Hbond substituents is 1. The lowest BCUT2D eigenvalue weighted by Gasteiger charge is -2.34. The highest BCUT2D eigenvalue weighted by molar-refractivity contribution is 8.18. The number of amides is 1. The first-order chi connectivity index (χ1) is 10.5. The zero-order valence-electron chi connectivity index (χ0n) is 12.5. The quantitative estimate of drug-likeness (QED) is 0.754. The minimum absolute atomic E-state index is 0. The first-order valence-electron chi connectivity index (χ1n) is 7.03. The molecule has 1 atom stereocenters. The van der Waals surface area contributed by atoms with Gasteiger partial charge in [0.2, 0.25) is 0 Å². The van der Waals surface area contributed by atoms with E-state index in [1.165, 1.54) is 23.9 Å². The topological polar surface area (TPSA) is 64.9 Å². The number of phenols is 1. The van der Waals surface area contributed by atoms with Crippen LogP contribution < -0.4 is 5.32 Å². The van der Waals surface area contributed by atoms with Gasteiger partial charge in [-0.05, 0) is 36.9 Å². The molecule has 0 unspecified atom stereocenters. The Bertz CT molecular complexity index is 681. The number of hydrogen-bond acceptors (Lipinski definition) is 5. The molecule has 1 fully saturated rings. The van der Waals surface area contributed by atoms with Crippen LogP contribution in [-0.4, -0.2) is 46.8 Å². The Morgan fingerprint density at radius 2 is 2.30 bits per heavy atom. The van der Waals surface area contributed by atoms with E-state index < -0.39 is 5.82 Å². The van der Waals surface area contributed by atoms with Crippen molar-refractivity contribution in [3.8, 4) is 5.75 Å². The highest BCUT2D eigenvalue weighted by atomic mass is 35.5. The Labute approximate surface area is 144 Å². The Morgan fingerprint density at radius 3 is 3.00 bits per heavy atom. The molecule has 124 valence electrons. The summed E-state index contributed by atoms with van der Waals surface area (Å²) in [6, 6.07) is 3.98. The lowest BCUT2D eigenvalue weighted by molar-refractivity contribution is -0.113. The Hall–Kier alpha value is -1.57. The smallest absolute Gasteiger partial charge is 0.286 e. The zero-order chi connectivity index (χ0) is 15.7. The molecular weight excluding hydrogens is 341 g/mol. The number of amidine groups is 1. The molecule has 1 aromatic carbocycles. The number of halogens is 2. The molecule has 8 heteroatoms. The van der Waals surface area contributed by atoms with Gasteiger partial charge in [-0.2, -0.15) is 4.99 Å². The number of aliphatic imine (C=N–C) groups is 1. The van der Waals surface area contributed by atoms with Gasteiger partial charge in [-0.3, -0.25) is 4.79 Å². The number of rotatable bonds is 1. The molecule has 0 aliphatic carbocycles. The summed E-state index contributed by atoms with van der Waals surface area (Å²) in [4.78, 5) is 18.7. The minimum atomic E-state index is -0.517. The number of hydrogen-bond donors (Lipinski definition) is 2. The summed E-state index contributed by atoms with van der Waals surface area (Å²) in [6.45, 7) is 4.59. The first kappa shape index (κ1) is 17.8. The number of thioether (sulfide) groups is 1. The van der Waals surface area contributed by atoms with Crippen LogP contribution in [-0.2, 0) is 4.79 Å². The van der Waals surface area contributed by atoms with Gasteiger partial charge in [0.05, 0.1) is 4.91 Å². The summed E-state index contributed by atoms with van der Waals surface area (Å²) in [6.07, 6.45) is 1.55. The lowest BCUT2D eigenvalue weighted by atomic mass is 10.2. The van der Waals surface area contributed by atoms with Crippen molar-refractivity contribution in [2.24, 2.45) is 4.99 Å². The van der Waals surface area contributed by atoms with E-state index in [2.05, 4.69) is 22.1 Å². The largest absolute Gasteiger partial charge is 0.507 e. The highest BCUT2D eigenvalue weighted by Crippen LogP contribution is 2.33. The number of nitrogens with one attached hydrogen (secondary N) is 1. The Balaban J connectivity index is 0.00000192. The summed E-state index contributed by atoms with van der Waals surface area (Å²) in [7, 11) is 0. The van der Waals surface area contributed by atoms with Crippen LogP contribution in [0.25, 0.3) is 6.08 Å². The van der Waals surface area contributed by atoms with Gasteiger partial charge < -0.3 is 15.3 Å². The number of piperazine rings is 1. The van der Waals surface area contributed by atoms with Crippen molar-refractivity contribution in [2.75, 3.05) is 19.6 Å². The van der Waals surface area contributed by atoms with Crippen molar-refractivity contribution >= 4 is 41.3 Å². The van der Waals surface area contributed by atoms with Crippen molar-refractivity contribution in [3.63, 3.8) is 0 Å². The maximum Gasteiger partial charge on any atom is 0.286 e. The summed E-state index contributed by atoms with van der Waals surface area (Å²) >= 11 is 1.29. The predicted octanol–water partition coefficient (Wildman–Crippen LogP) is 2.22. The summed E-state index contributed by atoms with van der Waals surface area (Å²) in [5.74, 6) is -1.03. The van der Waals surface area contributed by atoms with E-state index in [1.807, 2.05) is 0 Å². The molecule has 5 nitrogen and oxygen atoms in total. The lowest BCUT2D eigenvalue weighted by Crippen LogP contribution is -2.51. The highest BCUT2D eigenvalue weighted by Gasteiger charge is 2.30. The molecule has 23 heavy (non-hydrogen) atoms. The fraction of sp³-hybridized carbons (Fsp3) is 0.333. The Morgan fingerprint density at radius 1 is 1.52 bits per heavy atom. The van der Waals surface area contributed by atoms with E-state index in [0.717, 1.165) is 25.7 Å². The molecule has 2 N–H and O–H groups in total. The molecular formula is C15H17ClFN3O2S. The van der Waals surface area contributed by atoms with E-state index >= 15 is 0 Å². The first-order valence-corrected chi connectivity index (χ1v) is 7.84. The second-order valence-corrected chi connectivity index (χ2v) is 6.27.